The Hall–Kier alpha value is -0.500. The average Bonchev–Trinajstić information content (AvgIpc) is 2.71. The molecule has 0 fully saturated rings. The monoisotopic (exact) mass is 278 g/mol. The van der Waals surface area contributed by atoms with Crippen LogP contribution in [0.2, 0.25) is 0 Å². The number of aromatic nitrogens is 1. The molecule has 0 unspecified atom stereocenters. The third kappa shape index (κ3) is 5.12. The van der Waals surface area contributed by atoms with E-state index >= 15 is 0 Å². The normalized spacial score (nSPS) is 11.9. The average molecular weight is 278 g/mol. The van der Waals surface area contributed by atoms with Gasteiger partial charge in [0.15, 0.2) is 0 Å². The van der Waals surface area contributed by atoms with Crippen LogP contribution in [0.15, 0.2) is 23.4 Å². The van der Waals surface area contributed by atoms with E-state index in [1.165, 1.54) is 0 Å². The Balaban J connectivity index is 2.31. The maximum absolute atomic E-state index is 11.8. The Kier molecular flexibility index (Phi) is 6.04. The molecule has 1 heterocycles. The van der Waals surface area contributed by atoms with Crippen LogP contribution in [0.1, 0.15) is 6.42 Å². The minimum absolute atomic E-state index is 0.183. The van der Waals surface area contributed by atoms with E-state index in [-0.39, 0.29) is 6.61 Å². The lowest BCUT2D eigenvalue weighted by Crippen LogP contribution is -2.25. The molecule has 0 amide bonds. The standard InChI is InChI=1S/C10H18N2O3S2/c1-12-5-3-10(9-12)17(14,15)11-4-8-16-7-2-6-13/h3,5,9,11,13H,2,4,6-8H2,1H3. The summed E-state index contributed by atoms with van der Waals surface area (Å²) < 4.78 is 27.8. The summed E-state index contributed by atoms with van der Waals surface area (Å²) >= 11 is 1.63. The van der Waals surface area contributed by atoms with Gasteiger partial charge in [-0.05, 0) is 18.2 Å². The molecule has 2 N–H and O–H groups in total. The molecule has 0 bridgehead atoms. The van der Waals surface area contributed by atoms with Crippen LogP contribution in [0, 0.1) is 0 Å². The molecule has 5 nitrogen and oxygen atoms in total. The number of nitrogens with one attached hydrogen (secondary N) is 1. The predicted molar refractivity (Wildman–Crippen MR) is 69.6 cm³/mol. The van der Waals surface area contributed by atoms with Crippen LogP contribution in [0.25, 0.3) is 0 Å². The molecule has 0 aliphatic carbocycles. The van der Waals surface area contributed by atoms with Gasteiger partial charge in [0.05, 0.1) is 4.90 Å². The van der Waals surface area contributed by atoms with Gasteiger partial charge in [-0.25, -0.2) is 13.1 Å². The van der Waals surface area contributed by atoms with E-state index in [1.807, 2.05) is 0 Å². The zero-order valence-electron chi connectivity index (χ0n) is 9.80. The van der Waals surface area contributed by atoms with Gasteiger partial charge >= 0.3 is 0 Å². The molecule has 0 saturated heterocycles. The molecule has 17 heavy (non-hydrogen) atoms. The summed E-state index contributed by atoms with van der Waals surface area (Å²) in [5, 5.41) is 8.58. The van der Waals surface area contributed by atoms with Gasteiger partial charge in [0.1, 0.15) is 0 Å². The highest BCUT2D eigenvalue weighted by molar-refractivity contribution is 7.99. The fourth-order valence-electron chi connectivity index (χ4n) is 1.24. The minimum atomic E-state index is -3.37. The van der Waals surface area contributed by atoms with E-state index in [1.54, 1.807) is 41.8 Å². The van der Waals surface area contributed by atoms with E-state index in [4.69, 9.17) is 5.11 Å². The third-order valence-electron chi connectivity index (χ3n) is 2.10. The number of aliphatic hydroxyl groups is 1. The summed E-state index contributed by atoms with van der Waals surface area (Å²) in [5.74, 6) is 1.57. The number of hydrogen-bond acceptors (Lipinski definition) is 4. The fourth-order valence-corrected chi connectivity index (χ4v) is 3.23. The van der Waals surface area contributed by atoms with Crippen molar-refractivity contribution in [1.29, 1.82) is 0 Å². The van der Waals surface area contributed by atoms with Crippen molar-refractivity contribution in [3.63, 3.8) is 0 Å². The summed E-state index contributed by atoms with van der Waals surface area (Å²) in [6, 6.07) is 1.57. The second-order valence-corrected chi connectivity index (χ2v) is 6.59. The molecule has 1 aromatic rings. The zero-order valence-corrected chi connectivity index (χ0v) is 11.4. The van der Waals surface area contributed by atoms with Crippen molar-refractivity contribution in [2.45, 2.75) is 11.3 Å². The highest BCUT2D eigenvalue weighted by Crippen LogP contribution is 2.08. The molecule has 0 spiro atoms. The van der Waals surface area contributed by atoms with E-state index in [9.17, 15) is 8.42 Å². The lowest BCUT2D eigenvalue weighted by molar-refractivity contribution is 0.296. The van der Waals surface area contributed by atoms with Gasteiger partial charge in [0, 0.05) is 38.3 Å². The maximum Gasteiger partial charge on any atom is 0.242 e. The van der Waals surface area contributed by atoms with Gasteiger partial charge in [0.25, 0.3) is 0 Å². The van der Waals surface area contributed by atoms with E-state index in [0.29, 0.717) is 17.2 Å². The number of aliphatic hydroxyl groups excluding tert-OH is 1. The maximum atomic E-state index is 11.8. The van der Waals surface area contributed by atoms with Crippen molar-refractivity contribution in [3.8, 4) is 0 Å². The van der Waals surface area contributed by atoms with Crippen molar-refractivity contribution < 1.29 is 13.5 Å². The van der Waals surface area contributed by atoms with Gasteiger partial charge in [-0.1, -0.05) is 0 Å². The molecule has 0 saturated carbocycles. The summed E-state index contributed by atoms with van der Waals surface area (Å²) in [4.78, 5) is 0.292. The van der Waals surface area contributed by atoms with Crippen LogP contribution in [0.4, 0.5) is 0 Å². The van der Waals surface area contributed by atoms with Gasteiger partial charge in [0.2, 0.25) is 10.0 Å². The summed E-state index contributed by atoms with van der Waals surface area (Å²) in [6.07, 6.45) is 4.02. The summed E-state index contributed by atoms with van der Waals surface area (Å²) in [5.41, 5.74) is 0. The molecule has 1 rings (SSSR count). The van der Waals surface area contributed by atoms with Crippen LogP contribution >= 0.6 is 11.8 Å². The Morgan fingerprint density at radius 3 is 2.82 bits per heavy atom. The number of aryl methyl sites for hydroxylation is 1. The first kappa shape index (κ1) is 14.6. The Labute approximate surface area is 106 Å². The van der Waals surface area contributed by atoms with Crippen molar-refractivity contribution in [3.05, 3.63) is 18.5 Å². The lowest BCUT2D eigenvalue weighted by Gasteiger charge is -2.04. The number of nitrogens with zero attached hydrogens (tertiary/aromatic N) is 1. The Morgan fingerprint density at radius 1 is 1.47 bits per heavy atom. The lowest BCUT2D eigenvalue weighted by atomic mass is 10.5. The second-order valence-electron chi connectivity index (χ2n) is 3.60. The predicted octanol–water partition coefficient (Wildman–Crippen LogP) is 0.419. The smallest absolute Gasteiger partial charge is 0.242 e. The largest absolute Gasteiger partial charge is 0.396 e. The first-order valence-electron chi connectivity index (χ1n) is 5.36. The van der Waals surface area contributed by atoms with Crippen LogP contribution in [0.5, 0.6) is 0 Å². The quantitative estimate of drug-likeness (QED) is 0.676. The first-order valence-corrected chi connectivity index (χ1v) is 8.00. The fraction of sp³-hybridized carbons (Fsp3) is 0.600. The highest BCUT2D eigenvalue weighted by Gasteiger charge is 2.13. The van der Waals surface area contributed by atoms with Crippen LogP contribution in [-0.4, -0.2) is 42.7 Å². The van der Waals surface area contributed by atoms with Gasteiger partial charge in [-0.15, -0.1) is 0 Å². The zero-order chi connectivity index (χ0) is 12.7. The van der Waals surface area contributed by atoms with E-state index < -0.39 is 10.0 Å². The molecule has 0 aromatic carbocycles. The van der Waals surface area contributed by atoms with Gasteiger partial charge in [-0.3, -0.25) is 0 Å². The van der Waals surface area contributed by atoms with Gasteiger partial charge < -0.3 is 9.67 Å². The number of thioether (sulfide) groups is 1. The Bertz CT molecular complexity index is 429. The van der Waals surface area contributed by atoms with E-state index in [0.717, 1.165) is 12.2 Å². The molecule has 1 aromatic heterocycles. The SMILES string of the molecule is Cn1ccc(S(=O)(=O)NCCSCCCO)c1. The van der Waals surface area contributed by atoms with Crippen molar-refractivity contribution in [1.82, 2.24) is 9.29 Å². The molecule has 98 valence electrons. The molecular weight excluding hydrogens is 260 g/mol. The van der Waals surface area contributed by atoms with Crippen molar-refractivity contribution >= 4 is 21.8 Å². The molecule has 0 aliphatic heterocycles. The highest BCUT2D eigenvalue weighted by atomic mass is 32.2. The number of sulfonamides is 1. The minimum Gasteiger partial charge on any atom is -0.396 e. The van der Waals surface area contributed by atoms with Crippen LogP contribution in [0.3, 0.4) is 0 Å². The first-order chi connectivity index (χ1) is 8.06. The Morgan fingerprint density at radius 2 is 2.24 bits per heavy atom. The van der Waals surface area contributed by atoms with Crippen LogP contribution < -0.4 is 4.72 Å². The topological polar surface area (TPSA) is 71.3 Å². The number of hydrogen-bond donors (Lipinski definition) is 2. The van der Waals surface area contributed by atoms with Crippen molar-refractivity contribution in [2.75, 3.05) is 24.7 Å². The molecule has 0 atom stereocenters. The van der Waals surface area contributed by atoms with Crippen molar-refractivity contribution in [2.24, 2.45) is 7.05 Å². The summed E-state index contributed by atoms with van der Waals surface area (Å²) in [7, 11) is -1.58. The third-order valence-corrected chi connectivity index (χ3v) is 4.62. The summed E-state index contributed by atoms with van der Waals surface area (Å²) in [6.45, 7) is 0.593. The van der Waals surface area contributed by atoms with Crippen LogP contribution in [-0.2, 0) is 17.1 Å². The van der Waals surface area contributed by atoms with Gasteiger partial charge in [-0.2, -0.15) is 11.8 Å². The molecule has 0 radical (unpaired) electrons. The second kappa shape index (κ2) is 7.05. The number of rotatable bonds is 8. The van der Waals surface area contributed by atoms with E-state index in [2.05, 4.69) is 4.72 Å². The molecule has 7 heteroatoms. The molecule has 0 aliphatic rings. The molecular formula is C10H18N2O3S2.